The molecule has 9 heteroatoms. The number of ether oxygens (including phenoxy) is 1. The summed E-state index contributed by atoms with van der Waals surface area (Å²) in [5.74, 6) is -0.756. The van der Waals surface area contributed by atoms with Gasteiger partial charge in [-0.05, 0) is 74.5 Å². The third-order valence-electron chi connectivity index (χ3n) is 6.33. The predicted octanol–water partition coefficient (Wildman–Crippen LogP) is 4.40. The molecule has 0 radical (unpaired) electrons. The summed E-state index contributed by atoms with van der Waals surface area (Å²) >= 11 is 0. The number of methoxy groups -OCH3 is 1. The van der Waals surface area contributed by atoms with Gasteiger partial charge in [0.05, 0.1) is 24.3 Å². The molecular weight excluding hydrogens is 484 g/mol. The van der Waals surface area contributed by atoms with Gasteiger partial charge in [-0.3, -0.25) is 19.2 Å². The number of rotatable bonds is 8. The van der Waals surface area contributed by atoms with Gasteiger partial charge in [-0.2, -0.15) is 0 Å². The van der Waals surface area contributed by atoms with Crippen molar-refractivity contribution in [2.45, 2.75) is 26.3 Å². The van der Waals surface area contributed by atoms with Crippen LogP contribution >= 0.6 is 0 Å². The summed E-state index contributed by atoms with van der Waals surface area (Å²) in [6.45, 7) is 4.25. The highest BCUT2D eigenvalue weighted by Crippen LogP contribution is 2.23. The zero-order valence-corrected chi connectivity index (χ0v) is 21.5. The van der Waals surface area contributed by atoms with Crippen molar-refractivity contribution in [2.24, 2.45) is 5.92 Å². The molecule has 1 heterocycles. The van der Waals surface area contributed by atoms with Gasteiger partial charge in [0.25, 0.3) is 11.8 Å². The minimum atomic E-state index is -0.409. The summed E-state index contributed by atoms with van der Waals surface area (Å²) in [6, 6.07) is 20.1. The van der Waals surface area contributed by atoms with Crippen molar-refractivity contribution in [3.8, 4) is 5.75 Å². The van der Waals surface area contributed by atoms with Crippen molar-refractivity contribution in [2.75, 3.05) is 29.6 Å². The highest BCUT2D eigenvalue weighted by Gasteiger charge is 2.35. The molecule has 1 aliphatic rings. The first-order valence-corrected chi connectivity index (χ1v) is 12.3. The molecule has 1 fully saturated rings. The SMILES string of the molecule is COc1ccc(NC(=O)c2ccccc2NC(=O)c2ccc(NC(=O)C3CC(=O)N(C(C)C)C3)cc2)cc1. The van der Waals surface area contributed by atoms with Gasteiger partial charge in [0.1, 0.15) is 5.75 Å². The van der Waals surface area contributed by atoms with E-state index in [9.17, 15) is 19.2 Å². The fraction of sp³-hybridized carbons (Fsp3) is 0.241. The fourth-order valence-corrected chi connectivity index (χ4v) is 4.21. The highest BCUT2D eigenvalue weighted by atomic mass is 16.5. The van der Waals surface area contributed by atoms with Crippen LogP contribution < -0.4 is 20.7 Å². The Bertz CT molecular complexity index is 1340. The Labute approximate surface area is 221 Å². The minimum absolute atomic E-state index is 0.0230. The Hall–Kier alpha value is -4.66. The maximum atomic E-state index is 12.9. The normalized spacial score (nSPS) is 14.8. The molecule has 0 aliphatic carbocycles. The van der Waals surface area contributed by atoms with Gasteiger partial charge >= 0.3 is 0 Å². The van der Waals surface area contributed by atoms with Crippen LogP contribution in [0.4, 0.5) is 17.1 Å². The summed E-state index contributed by atoms with van der Waals surface area (Å²) < 4.78 is 5.13. The molecule has 0 spiro atoms. The quantitative estimate of drug-likeness (QED) is 0.412. The van der Waals surface area contributed by atoms with Crippen LogP contribution in [0.2, 0.25) is 0 Å². The molecule has 3 N–H and O–H groups in total. The Balaban J connectivity index is 1.38. The Kier molecular flexibility index (Phi) is 8.06. The van der Waals surface area contributed by atoms with E-state index < -0.39 is 11.8 Å². The second kappa shape index (κ2) is 11.6. The van der Waals surface area contributed by atoms with Crippen LogP contribution in [0.1, 0.15) is 41.0 Å². The maximum Gasteiger partial charge on any atom is 0.257 e. The molecular formula is C29H30N4O5. The topological polar surface area (TPSA) is 117 Å². The second-order valence-electron chi connectivity index (χ2n) is 9.29. The van der Waals surface area contributed by atoms with Crippen LogP contribution in [0.3, 0.4) is 0 Å². The van der Waals surface area contributed by atoms with Gasteiger partial charge < -0.3 is 25.6 Å². The molecule has 3 aromatic carbocycles. The fourth-order valence-electron chi connectivity index (χ4n) is 4.21. The van der Waals surface area contributed by atoms with Gasteiger partial charge in [0.15, 0.2) is 0 Å². The number of anilines is 3. The van der Waals surface area contributed by atoms with Gasteiger partial charge in [-0.25, -0.2) is 0 Å². The number of nitrogens with one attached hydrogen (secondary N) is 3. The minimum Gasteiger partial charge on any atom is -0.497 e. The molecule has 0 bridgehead atoms. The first-order valence-electron chi connectivity index (χ1n) is 12.3. The van der Waals surface area contributed by atoms with E-state index in [1.54, 1.807) is 84.8 Å². The molecule has 0 saturated carbocycles. The number of amides is 4. The van der Waals surface area contributed by atoms with Gasteiger partial charge in [-0.1, -0.05) is 12.1 Å². The van der Waals surface area contributed by atoms with E-state index in [-0.39, 0.29) is 30.2 Å². The first-order chi connectivity index (χ1) is 18.2. The van der Waals surface area contributed by atoms with E-state index in [1.165, 1.54) is 0 Å². The first kappa shape index (κ1) is 26.4. The van der Waals surface area contributed by atoms with Gasteiger partial charge in [0, 0.05) is 35.9 Å². The average molecular weight is 515 g/mol. The number of nitrogens with zero attached hydrogens (tertiary/aromatic N) is 1. The maximum absolute atomic E-state index is 12.9. The number of carbonyl (C=O) groups excluding carboxylic acids is 4. The van der Waals surface area contributed by atoms with Crippen molar-refractivity contribution in [1.82, 2.24) is 4.90 Å². The van der Waals surface area contributed by atoms with E-state index in [4.69, 9.17) is 4.74 Å². The molecule has 9 nitrogen and oxygen atoms in total. The lowest BCUT2D eigenvalue weighted by Crippen LogP contribution is -2.33. The summed E-state index contributed by atoms with van der Waals surface area (Å²) in [4.78, 5) is 52.2. The summed E-state index contributed by atoms with van der Waals surface area (Å²) in [7, 11) is 1.57. The summed E-state index contributed by atoms with van der Waals surface area (Å²) in [5.41, 5.74) is 2.15. The summed E-state index contributed by atoms with van der Waals surface area (Å²) in [6.07, 6.45) is 0.190. The Morgan fingerprint density at radius 3 is 2.11 bits per heavy atom. The van der Waals surface area contributed by atoms with Crippen molar-refractivity contribution in [3.63, 3.8) is 0 Å². The lowest BCUT2D eigenvalue weighted by Gasteiger charge is -2.20. The monoisotopic (exact) mass is 514 g/mol. The lowest BCUT2D eigenvalue weighted by molar-refractivity contribution is -0.129. The van der Waals surface area contributed by atoms with Crippen molar-refractivity contribution in [1.29, 1.82) is 0 Å². The number of likely N-dealkylation sites (tertiary alicyclic amines) is 1. The molecule has 1 atom stereocenters. The Morgan fingerprint density at radius 2 is 1.47 bits per heavy atom. The van der Waals surface area contributed by atoms with Crippen molar-refractivity contribution < 1.29 is 23.9 Å². The van der Waals surface area contributed by atoms with Gasteiger partial charge in [0.2, 0.25) is 11.8 Å². The molecule has 1 saturated heterocycles. The van der Waals surface area contributed by atoms with Crippen LogP contribution in [0, 0.1) is 5.92 Å². The Morgan fingerprint density at radius 1 is 0.842 bits per heavy atom. The number of carbonyl (C=O) groups is 4. The van der Waals surface area contributed by atoms with Crippen LogP contribution in [0.15, 0.2) is 72.8 Å². The number of hydrogen-bond acceptors (Lipinski definition) is 5. The molecule has 1 aliphatic heterocycles. The van der Waals surface area contributed by atoms with E-state index in [1.807, 2.05) is 13.8 Å². The number of para-hydroxylation sites is 1. The molecule has 4 rings (SSSR count). The van der Waals surface area contributed by atoms with Crippen LogP contribution in [0.25, 0.3) is 0 Å². The third kappa shape index (κ3) is 6.18. The smallest absolute Gasteiger partial charge is 0.257 e. The highest BCUT2D eigenvalue weighted by molar-refractivity contribution is 6.12. The number of benzene rings is 3. The van der Waals surface area contributed by atoms with E-state index in [2.05, 4.69) is 16.0 Å². The van der Waals surface area contributed by atoms with E-state index in [0.29, 0.717) is 40.5 Å². The second-order valence-corrected chi connectivity index (χ2v) is 9.29. The van der Waals surface area contributed by atoms with E-state index >= 15 is 0 Å². The number of hydrogen-bond donors (Lipinski definition) is 3. The summed E-state index contributed by atoms with van der Waals surface area (Å²) in [5, 5.41) is 8.42. The van der Waals surface area contributed by atoms with Crippen molar-refractivity contribution in [3.05, 3.63) is 83.9 Å². The largest absolute Gasteiger partial charge is 0.497 e. The third-order valence-corrected chi connectivity index (χ3v) is 6.33. The molecule has 3 aromatic rings. The standard InChI is InChI=1S/C29H30N4O5/c1-18(2)33-17-20(16-26(33)34)28(36)30-21-10-8-19(9-11-21)27(35)32-25-7-5-4-6-24(25)29(37)31-22-12-14-23(38-3)15-13-22/h4-15,18,20H,16-17H2,1-3H3,(H,30,36)(H,31,37)(H,32,35). The molecule has 38 heavy (non-hydrogen) atoms. The zero-order valence-electron chi connectivity index (χ0n) is 21.5. The van der Waals surface area contributed by atoms with E-state index in [0.717, 1.165) is 0 Å². The zero-order chi connectivity index (χ0) is 27.2. The molecule has 4 amide bonds. The molecule has 196 valence electrons. The van der Waals surface area contributed by atoms with Crippen molar-refractivity contribution >= 4 is 40.7 Å². The van der Waals surface area contributed by atoms with Crippen LogP contribution in [-0.2, 0) is 9.59 Å². The predicted molar refractivity (Wildman–Crippen MR) is 145 cm³/mol. The van der Waals surface area contributed by atoms with Gasteiger partial charge in [-0.15, -0.1) is 0 Å². The molecule has 1 unspecified atom stereocenters. The molecule has 0 aromatic heterocycles. The van der Waals surface area contributed by atoms with Crippen LogP contribution in [-0.4, -0.2) is 48.2 Å². The average Bonchev–Trinajstić information content (AvgIpc) is 3.32. The van der Waals surface area contributed by atoms with Crippen LogP contribution in [0.5, 0.6) is 5.75 Å². The lowest BCUT2D eigenvalue weighted by atomic mass is 10.1.